The normalized spacial score (nSPS) is 15.0. The van der Waals surface area contributed by atoms with Gasteiger partial charge in [-0.1, -0.05) is 68.3 Å². The van der Waals surface area contributed by atoms with Gasteiger partial charge in [-0.2, -0.15) is 0 Å². The molecule has 0 aliphatic heterocycles. The Morgan fingerprint density at radius 1 is 1.00 bits per heavy atom. The van der Waals surface area contributed by atoms with Crippen LogP contribution in [-0.2, 0) is 26.2 Å². The third kappa shape index (κ3) is 6.84. The summed E-state index contributed by atoms with van der Waals surface area (Å²) in [7, 11) is -3.75. The molecule has 8 heteroatoms. The van der Waals surface area contributed by atoms with E-state index in [0.29, 0.717) is 12.1 Å². The van der Waals surface area contributed by atoms with E-state index in [2.05, 4.69) is 5.32 Å². The Balaban J connectivity index is 1.94. The van der Waals surface area contributed by atoms with Crippen molar-refractivity contribution in [3.63, 3.8) is 0 Å². The van der Waals surface area contributed by atoms with Crippen LogP contribution in [0.3, 0.4) is 0 Å². The van der Waals surface area contributed by atoms with Crippen LogP contribution in [0.4, 0.5) is 5.69 Å². The molecule has 7 nitrogen and oxygen atoms in total. The quantitative estimate of drug-likeness (QED) is 0.537. The van der Waals surface area contributed by atoms with Gasteiger partial charge < -0.3 is 10.2 Å². The summed E-state index contributed by atoms with van der Waals surface area (Å²) in [5.74, 6) is -0.586. The fraction of sp³-hybridized carbons (Fsp3) is 0.481. The summed E-state index contributed by atoms with van der Waals surface area (Å²) in [4.78, 5) is 28.6. The Labute approximate surface area is 209 Å². The molecule has 0 radical (unpaired) electrons. The van der Waals surface area contributed by atoms with Crippen molar-refractivity contribution in [2.24, 2.45) is 0 Å². The van der Waals surface area contributed by atoms with E-state index >= 15 is 0 Å². The number of nitrogens with one attached hydrogen (secondary N) is 1. The van der Waals surface area contributed by atoms with Crippen molar-refractivity contribution < 1.29 is 18.0 Å². The highest BCUT2D eigenvalue weighted by Crippen LogP contribution is 2.27. The molecule has 1 saturated carbocycles. The number of para-hydroxylation sites is 1. The van der Waals surface area contributed by atoms with Gasteiger partial charge in [0, 0.05) is 12.6 Å². The molecule has 0 aromatic heterocycles. The molecule has 2 aromatic rings. The van der Waals surface area contributed by atoms with Gasteiger partial charge in [0.25, 0.3) is 0 Å². The summed E-state index contributed by atoms with van der Waals surface area (Å²) in [6.45, 7) is 5.39. The number of nitrogens with zero attached hydrogens (tertiary/aromatic N) is 2. The Kier molecular flexibility index (Phi) is 8.94. The number of aryl methyl sites for hydroxylation is 2. The Morgan fingerprint density at radius 2 is 1.60 bits per heavy atom. The van der Waals surface area contributed by atoms with E-state index in [1.807, 2.05) is 69.3 Å². The van der Waals surface area contributed by atoms with Crippen molar-refractivity contribution in [1.29, 1.82) is 0 Å². The van der Waals surface area contributed by atoms with Gasteiger partial charge in [-0.15, -0.1) is 0 Å². The molecule has 2 aromatic carbocycles. The molecule has 0 unspecified atom stereocenters. The maximum Gasteiger partial charge on any atom is 0.244 e. The van der Waals surface area contributed by atoms with Crippen LogP contribution < -0.4 is 9.62 Å². The molecule has 1 fully saturated rings. The second-order valence-electron chi connectivity index (χ2n) is 9.43. The predicted molar refractivity (Wildman–Crippen MR) is 140 cm³/mol. The maximum atomic E-state index is 13.8. The van der Waals surface area contributed by atoms with Crippen LogP contribution in [0.15, 0.2) is 48.5 Å². The van der Waals surface area contributed by atoms with Crippen molar-refractivity contribution >= 4 is 27.5 Å². The first kappa shape index (κ1) is 26.7. The lowest BCUT2D eigenvalue weighted by molar-refractivity contribution is -0.140. The molecule has 0 bridgehead atoms. The zero-order chi connectivity index (χ0) is 25.6. The first-order chi connectivity index (χ1) is 16.6. The molecule has 0 heterocycles. The molecule has 1 N–H and O–H groups in total. The van der Waals surface area contributed by atoms with E-state index < -0.39 is 22.0 Å². The Bertz CT molecular complexity index is 1110. The minimum atomic E-state index is -3.75. The van der Waals surface area contributed by atoms with Gasteiger partial charge in [0.15, 0.2) is 0 Å². The van der Waals surface area contributed by atoms with Gasteiger partial charge >= 0.3 is 0 Å². The highest BCUT2D eigenvalue weighted by Gasteiger charge is 2.33. The first-order valence-corrected chi connectivity index (χ1v) is 14.1. The van der Waals surface area contributed by atoms with Gasteiger partial charge in [0.05, 0.1) is 11.9 Å². The Morgan fingerprint density at radius 3 is 2.14 bits per heavy atom. The lowest BCUT2D eigenvalue weighted by Gasteiger charge is -2.34. The van der Waals surface area contributed by atoms with Crippen LogP contribution in [-0.4, -0.2) is 50.0 Å². The molecule has 1 aliphatic carbocycles. The summed E-state index contributed by atoms with van der Waals surface area (Å²) in [5.41, 5.74) is 2.92. The molecule has 35 heavy (non-hydrogen) atoms. The van der Waals surface area contributed by atoms with Crippen molar-refractivity contribution in [2.45, 2.75) is 71.5 Å². The van der Waals surface area contributed by atoms with E-state index in [-0.39, 0.29) is 25.0 Å². The van der Waals surface area contributed by atoms with E-state index in [9.17, 15) is 18.0 Å². The first-order valence-electron chi connectivity index (χ1n) is 12.3. The topological polar surface area (TPSA) is 86.8 Å². The number of amides is 2. The summed E-state index contributed by atoms with van der Waals surface area (Å²) in [6, 6.07) is 14.4. The fourth-order valence-electron chi connectivity index (χ4n) is 4.84. The van der Waals surface area contributed by atoms with Crippen LogP contribution in [0.5, 0.6) is 0 Å². The van der Waals surface area contributed by atoms with E-state index in [0.717, 1.165) is 48.6 Å². The number of carbonyl (C=O) groups is 2. The van der Waals surface area contributed by atoms with Crippen LogP contribution in [0, 0.1) is 13.8 Å². The number of anilines is 1. The van der Waals surface area contributed by atoms with Crippen LogP contribution >= 0.6 is 0 Å². The summed E-state index contributed by atoms with van der Waals surface area (Å²) >= 11 is 0. The smallest absolute Gasteiger partial charge is 0.244 e. The molecule has 190 valence electrons. The molecule has 2 amide bonds. The van der Waals surface area contributed by atoms with Crippen molar-refractivity contribution in [2.75, 3.05) is 17.1 Å². The number of hydrogen-bond donors (Lipinski definition) is 1. The van der Waals surface area contributed by atoms with Gasteiger partial charge in [-0.05, 0) is 49.8 Å². The maximum absolute atomic E-state index is 13.8. The molecule has 0 spiro atoms. The Hall–Kier alpha value is -2.87. The average Bonchev–Trinajstić information content (AvgIpc) is 3.31. The van der Waals surface area contributed by atoms with Gasteiger partial charge in [-0.25, -0.2) is 8.42 Å². The monoisotopic (exact) mass is 499 g/mol. The van der Waals surface area contributed by atoms with Crippen molar-refractivity contribution in [3.8, 4) is 0 Å². The highest BCUT2D eigenvalue weighted by atomic mass is 32.2. The van der Waals surface area contributed by atoms with Gasteiger partial charge in [-0.3, -0.25) is 13.9 Å². The highest BCUT2D eigenvalue weighted by molar-refractivity contribution is 7.92. The number of benzene rings is 2. The van der Waals surface area contributed by atoms with Gasteiger partial charge in [0.2, 0.25) is 21.8 Å². The zero-order valence-corrected chi connectivity index (χ0v) is 22.0. The van der Waals surface area contributed by atoms with E-state index in [1.54, 1.807) is 0 Å². The number of carbonyl (C=O) groups excluding carboxylic acids is 2. The molecular weight excluding hydrogens is 462 g/mol. The predicted octanol–water partition coefficient (Wildman–Crippen LogP) is 3.94. The standard InChI is InChI=1S/C27H37N3O4S/c1-5-24(27(32)28-23-16-9-10-17-23)29(18-22-14-7-6-8-15-22)25(31)19-30(35(4,33)34)26-20(2)12-11-13-21(26)3/h6-8,11-15,23-24H,5,9-10,16-19H2,1-4H3,(H,28,32)/t24-/m1/s1. The fourth-order valence-corrected chi connectivity index (χ4v) is 5.81. The number of sulfonamides is 1. The number of rotatable bonds is 10. The number of hydrogen-bond acceptors (Lipinski definition) is 4. The minimum absolute atomic E-state index is 0.132. The van der Waals surface area contributed by atoms with Gasteiger partial charge in [0.1, 0.15) is 12.6 Å². The second-order valence-corrected chi connectivity index (χ2v) is 11.3. The lowest BCUT2D eigenvalue weighted by atomic mass is 10.1. The zero-order valence-electron chi connectivity index (χ0n) is 21.2. The van der Waals surface area contributed by atoms with Crippen molar-refractivity contribution in [3.05, 3.63) is 65.2 Å². The second kappa shape index (κ2) is 11.7. The van der Waals surface area contributed by atoms with Crippen LogP contribution in [0.1, 0.15) is 55.7 Å². The summed E-state index contributed by atoms with van der Waals surface area (Å²) in [6.07, 6.45) is 5.62. The lowest BCUT2D eigenvalue weighted by Crippen LogP contribution is -2.53. The largest absolute Gasteiger partial charge is 0.352 e. The molecule has 1 aliphatic rings. The van der Waals surface area contributed by atoms with Crippen LogP contribution in [0.25, 0.3) is 0 Å². The molecular formula is C27H37N3O4S. The summed E-state index contributed by atoms with van der Waals surface area (Å²) in [5, 5.41) is 3.12. The summed E-state index contributed by atoms with van der Waals surface area (Å²) < 4.78 is 26.8. The molecule has 0 saturated heterocycles. The minimum Gasteiger partial charge on any atom is -0.352 e. The SMILES string of the molecule is CC[C@H](C(=O)NC1CCCC1)N(Cc1ccccc1)C(=O)CN(c1c(C)cccc1C)S(C)(=O)=O. The van der Waals surface area contributed by atoms with Crippen LogP contribution in [0.2, 0.25) is 0 Å². The van der Waals surface area contributed by atoms with E-state index in [1.165, 1.54) is 9.21 Å². The third-order valence-electron chi connectivity index (χ3n) is 6.65. The molecule has 3 rings (SSSR count). The average molecular weight is 500 g/mol. The third-order valence-corrected chi connectivity index (χ3v) is 7.76. The van der Waals surface area contributed by atoms with E-state index in [4.69, 9.17) is 0 Å². The molecule has 1 atom stereocenters. The van der Waals surface area contributed by atoms with Crippen molar-refractivity contribution in [1.82, 2.24) is 10.2 Å².